The van der Waals surface area contributed by atoms with Gasteiger partial charge >= 0.3 is 0 Å². The number of rotatable bonds is 5. The van der Waals surface area contributed by atoms with Crippen molar-refractivity contribution < 1.29 is 9.53 Å². The molecular weight excluding hydrogens is 308 g/mol. The molecule has 0 saturated heterocycles. The monoisotopic (exact) mass is 322 g/mol. The van der Waals surface area contributed by atoms with Crippen molar-refractivity contribution in [3.8, 4) is 11.8 Å². The zero-order chi connectivity index (χ0) is 16.2. The first-order chi connectivity index (χ1) is 11.2. The molecule has 0 saturated carbocycles. The van der Waals surface area contributed by atoms with Gasteiger partial charge in [0.05, 0.1) is 23.4 Å². The van der Waals surface area contributed by atoms with Crippen molar-refractivity contribution in [1.29, 1.82) is 5.26 Å². The summed E-state index contributed by atoms with van der Waals surface area (Å²) in [7, 11) is 1.60. The zero-order valence-corrected chi connectivity index (χ0v) is 13.3. The van der Waals surface area contributed by atoms with E-state index in [2.05, 4.69) is 11.1 Å². The van der Waals surface area contributed by atoms with Gasteiger partial charge in [0, 0.05) is 6.42 Å². The molecule has 0 aliphatic heterocycles. The van der Waals surface area contributed by atoms with Gasteiger partial charge < -0.3 is 4.74 Å². The molecule has 4 nitrogen and oxygen atoms in total. The molecule has 23 heavy (non-hydrogen) atoms. The van der Waals surface area contributed by atoms with E-state index in [0.717, 1.165) is 21.5 Å². The zero-order valence-electron chi connectivity index (χ0n) is 12.5. The van der Waals surface area contributed by atoms with E-state index in [1.807, 2.05) is 48.5 Å². The van der Waals surface area contributed by atoms with Crippen LogP contribution in [0.25, 0.3) is 10.2 Å². The van der Waals surface area contributed by atoms with Gasteiger partial charge in [-0.1, -0.05) is 24.3 Å². The molecule has 5 heteroatoms. The Morgan fingerprint density at radius 2 is 2.00 bits per heavy atom. The maximum absolute atomic E-state index is 12.5. The van der Waals surface area contributed by atoms with Crippen LogP contribution < -0.4 is 4.74 Å². The fraction of sp³-hybridized carbons (Fsp3) is 0.167. The first kappa shape index (κ1) is 15.2. The first-order valence-electron chi connectivity index (χ1n) is 7.12. The van der Waals surface area contributed by atoms with Crippen molar-refractivity contribution in [3.05, 3.63) is 59.1 Å². The van der Waals surface area contributed by atoms with Crippen LogP contribution in [0.5, 0.6) is 5.75 Å². The number of thiazole rings is 1. The second-order valence-corrected chi connectivity index (χ2v) is 6.14. The van der Waals surface area contributed by atoms with E-state index in [1.165, 1.54) is 11.3 Å². The molecule has 3 rings (SSSR count). The molecule has 2 aromatic carbocycles. The number of aromatic nitrogens is 1. The van der Waals surface area contributed by atoms with Crippen molar-refractivity contribution in [3.63, 3.8) is 0 Å². The molecule has 0 radical (unpaired) electrons. The standard InChI is InChI=1S/C18H14N2O2S/c1-22-13-8-6-12(7-9-13)10-16(21)14(11-19)18-20-15-4-2-3-5-17(15)23-18/h2-9,14H,10H2,1H3/t14-/m0/s1. The van der Waals surface area contributed by atoms with Crippen molar-refractivity contribution >= 4 is 27.3 Å². The third-order valence-corrected chi connectivity index (χ3v) is 4.65. The Balaban J connectivity index is 1.82. The van der Waals surface area contributed by atoms with Gasteiger partial charge in [-0.15, -0.1) is 11.3 Å². The number of carbonyl (C=O) groups excluding carboxylic acids is 1. The molecule has 0 unspecified atom stereocenters. The lowest BCUT2D eigenvalue weighted by atomic mass is 9.99. The number of fused-ring (bicyclic) bond motifs is 1. The Kier molecular flexibility index (Phi) is 4.35. The summed E-state index contributed by atoms with van der Waals surface area (Å²) < 4.78 is 6.09. The summed E-state index contributed by atoms with van der Waals surface area (Å²) in [6.07, 6.45) is 0.206. The summed E-state index contributed by atoms with van der Waals surface area (Å²) in [6, 6.07) is 17.0. The van der Waals surface area contributed by atoms with Gasteiger partial charge in [0.25, 0.3) is 0 Å². The maximum Gasteiger partial charge on any atom is 0.161 e. The van der Waals surface area contributed by atoms with Crippen LogP contribution in [0.1, 0.15) is 16.5 Å². The molecule has 1 atom stereocenters. The molecule has 0 aliphatic rings. The largest absolute Gasteiger partial charge is 0.497 e. The Morgan fingerprint density at radius 1 is 1.26 bits per heavy atom. The Hall–Kier alpha value is -2.71. The second kappa shape index (κ2) is 6.59. The molecule has 114 valence electrons. The lowest BCUT2D eigenvalue weighted by molar-refractivity contribution is -0.118. The molecule has 1 heterocycles. The molecule has 0 N–H and O–H groups in total. The quantitative estimate of drug-likeness (QED) is 0.718. The third-order valence-electron chi connectivity index (χ3n) is 3.55. The number of Topliss-reactive ketones (excluding diaryl/α,β-unsaturated/α-hetero) is 1. The molecule has 0 spiro atoms. The fourth-order valence-electron chi connectivity index (χ4n) is 2.33. The van der Waals surface area contributed by atoms with Gasteiger partial charge in [-0.2, -0.15) is 5.26 Å². The normalized spacial score (nSPS) is 11.8. The highest BCUT2D eigenvalue weighted by atomic mass is 32.1. The minimum atomic E-state index is -0.825. The highest BCUT2D eigenvalue weighted by molar-refractivity contribution is 7.18. The van der Waals surface area contributed by atoms with Crippen LogP contribution in [0.3, 0.4) is 0 Å². The summed E-state index contributed by atoms with van der Waals surface area (Å²) in [5, 5.41) is 9.97. The topological polar surface area (TPSA) is 63.0 Å². The van der Waals surface area contributed by atoms with Crippen LogP contribution >= 0.6 is 11.3 Å². The van der Waals surface area contributed by atoms with E-state index in [0.29, 0.717) is 5.01 Å². The third kappa shape index (κ3) is 3.22. The molecule has 3 aromatic rings. The summed E-state index contributed by atoms with van der Waals surface area (Å²) in [4.78, 5) is 16.9. The predicted molar refractivity (Wildman–Crippen MR) is 89.7 cm³/mol. The number of ether oxygens (including phenoxy) is 1. The SMILES string of the molecule is COc1ccc(CC(=O)[C@H](C#N)c2nc3ccccc3s2)cc1. The van der Waals surface area contributed by atoms with Crippen LogP contribution in [0.2, 0.25) is 0 Å². The van der Waals surface area contributed by atoms with Gasteiger partial charge in [0.1, 0.15) is 10.8 Å². The Morgan fingerprint density at radius 3 is 2.65 bits per heavy atom. The average molecular weight is 322 g/mol. The molecule has 0 bridgehead atoms. The van der Waals surface area contributed by atoms with E-state index in [-0.39, 0.29) is 12.2 Å². The van der Waals surface area contributed by atoms with Crippen LogP contribution in [-0.2, 0) is 11.2 Å². The Labute approximate surface area is 138 Å². The second-order valence-electron chi connectivity index (χ2n) is 5.07. The summed E-state index contributed by atoms with van der Waals surface area (Å²) >= 11 is 1.40. The molecule has 0 aliphatic carbocycles. The smallest absolute Gasteiger partial charge is 0.161 e. The molecule has 0 fully saturated rings. The number of hydrogen-bond acceptors (Lipinski definition) is 5. The van der Waals surface area contributed by atoms with E-state index in [9.17, 15) is 10.1 Å². The minimum Gasteiger partial charge on any atom is -0.497 e. The van der Waals surface area contributed by atoms with Crippen LogP contribution in [0.15, 0.2) is 48.5 Å². The number of para-hydroxylation sites is 1. The number of methoxy groups -OCH3 is 1. The van der Waals surface area contributed by atoms with Gasteiger partial charge in [0.2, 0.25) is 0 Å². The van der Waals surface area contributed by atoms with Crippen molar-refractivity contribution in [2.24, 2.45) is 0 Å². The summed E-state index contributed by atoms with van der Waals surface area (Å²) in [5.74, 6) is -0.226. The predicted octanol–water partition coefficient (Wildman–Crippen LogP) is 3.72. The van der Waals surface area contributed by atoms with Crippen LogP contribution in [0, 0.1) is 11.3 Å². The highest BCUT2D eigenvalue weighted by Gasteiger charge is 2.24. The van der Waals surface area contributed by atoms with Gasteiger partial charge in [-0.05, 0) is 29.8 Å². The fourth-order valence-corrected chi connectivity index (χ4v) is 3.36. The lowest BCUT2D eigenvalue weighted by Crippen LogP contribution is -2.13. The number of ketones is 1. The van der Waals surface area contributed by atoms with E-state index in [1.54, 1.807) is 7.11 Å². The summed E-state index contributed by atoms with van der Waals surface area (Å²) in [6.45, 7) is 0. The van der Waals surface area contributed by atoms with E-state index in [4.69, 9.17) is 4.74 Å². The average Bonchev–Trinajstić information content (AvgIpc) is 2.99. The molecule has 1 aromatic heterocycles. The van der Waals surface area contributed by atoms with Gasteiger partial charge in [0.15, 0.2) is 11.7 Å². The van der Waals surface area contributed by atoms with Crippen molar-refractivity contribution in [2.75, 3.05) is 7.11 Å². The number of hydrogen-bond donors (Lipinski definition) is 0. The summed E-state index contributed by atoms with van der Waals surface area (Å²) in [5.41, 5.74) is 1.68. The lowest BCUT2D eigenvalue weighted by Gasteiger charge is -2.06. The van der Waals surface area contributed by atoms with Gasteiger partial charge in [-0.3, -0.25) is 4.79 Å². The van der Waals surface area contributed by atoms with Crippen molar-refractivity contribution in [2.45, 2.75) is 12.3 Å². The van der Waals surface area contributed by atoms with Crippen LogP contribution in [0.4, 0.5) is 0 Å². The Bertz CT molecular complexity index is 845. The van der Waals surface area contributed by atoms with Gasteiger partial charge in [-0.25, -0.2) is 4.98 Å². The van der Waals surface area contributed by atoms with E-state index < -0.39 is 5.92 Å². The number of nitriles is 1. The van der Waals surface area contributed by atoms with Crippen molar-refractivity contribution in [1.82, 2.24) is 4.98 Å². The highest BCUT2D eigenvalue weighted by Crippen LogP contribution is 2.28. The number of nitrogens with zero attached hydrogens (tertiary/aromatic N) is 2. The number of benzene rings is 2. The minimum absolute atomic E-state index is 0.142. The first-order valence-corrected chi connectivity index (χ1v) is 7.93. The van der Waals surface area contributed by atoms with E-state index >= 15 is 0 Å². The maximum atomic E-state index is 12.5. The number of carbonyl (C=O) groups is 1. The van der Waals surface area contributed by atoms with Crippen LogP contribution in [-0.4, -0.2) is 17.9 Å². The molecular formula is C18H14N2O2S. The molecule has 0 amide bonds.